The van der Waals surface area contributed by atoms with Gasteiger partial charge in [-0.15, -0.1) is 11.6 Å². The Morgan fingerprint density at radius 2 is 1.76 bits per heavy atom. The fraction of sp³-hybridized carbons (Fsp3) is 0.0588. The molecule has 4 rings (SSSR count). The van der Waals surface area contributed by atoms with Gasteiger partial charge in [-0.2, -0.15) is 0 Å². The van der Waals surface area contributed by atoms with Gasteiger partial charge in [0, 0.05) is 11.6 Å². The van der Waals surface area contributed by atoms with Crippen LogP contribution < -0.4 is 0 Å². The quantitative estimate of drug-likeness (QED) is 0.516. The van der Waals surface area contributed by atoms with Crippen LogP contribution in [-0.2, 0) is 5.88 Å². The van der Waals surface area contributed by atoms with Crippen molar-refractivity contribution in [2.45, 2.75) is 5.88 Å². The summed E-state index contributed by atoms with van der Waals surface area (Å²) in [6, 6.07) is 18.2. The van der Waals surface area contributed by atoms with E-state index in [0.29, 0.717) is 5.88 Å². The maximum absolute atomic E-state index is 6.11. The molecule has 0 saturated carbocycles. The Kier molecular flexibility index (Phi) is 2.86. The van der Waals surface area contributed by atoms with Gasteiger partial charge in [-0.25, -0.2) is 4.98 Å². The molecule has 4 heteroatoms. The van der Waals surface area contributed by atoms with Gasteiger partial charge in [-0.3, -0.25) is 9.55 Å². The number of aromatic nitrogens is 3. The van der Waals surface area contributed by atoms with E-state index in [9.17, 15) is 0 Å². The number of pyridine rings is 1. The van der Waals surface area contributed by atoms with E-state index in [2.05, 4.69) is 32.7 Å². The van der Waals surface area contributed by atoms with Crippen molar-refractivity contribution in [2.24, 2.45) is 0 Å². The summed E-state index contributed by atoms with van der Waals surface area (Å²) in [4.78, 5) is 9.05. The average molecular weight is 294 g/mol. The van der Waals surface area contributed by atoms with Crippen LogP contribution in [0.5, 0.6) is 0 Å². The van der Waals surface area contributed by atoms with Crippen molar-refractivity contribution >= 4 is 33.5 Å². The number of halogens is 1. The number of alkyl halides is 1. The summed E-state index contributed by atoms with van der Waals surface area (Å²) in [5.41, 5.74) is 4.04. The zero-order chi connectivity index (χ0) is 14.2. The molecule has 102 valence electrons. The van der Waals surface area contributed by atoms with Crippen LogP contribution >= 0.6 is 11.6 Å². The first-order chi connectivity index (χ1) is 10.4. The molecule has 0 N–H and O–H groups in total. The normalized spacial score (nSPS) is 11.3. The number of rotatable bonds is 2. The van der Waals surface area contributed by atoms with Crippen molar-refractivity contribution < 1.29 is 0 Å². The summed E-state index contributed by atoms with van der Waals surface area (Å²) in [6.07, 6.45) is 1.81. The number of imidazole rings is 1. The molecule has 21 heavy (non-hydrogen) atoms. The fourth-order valence-electron chi connectivity index (χ4n) is 2.72. The van der Waals surface area contributed by atoms with E-state index >= 15 is 0 Å². The Morgan fingerprint density at radius 3 is 2.67 bits per heavy atom. The Bertz CT molecular complexity index is 938. The summed E-state index contributed by atoms with van der Waals surface area (Å²) < 4.78 is 2.12. The Labute approximate surface area is 126 Å². The number of para-hydroxylation sites is 2. The van der Waals surface area contributed by atoms with Gasteiger partial charge in [0.1, 0.15) is 5.82 Å². The van der Waals surface area contributed by atoms with E-state index in [4.69, 9.17) is 11.6 Å². The lowest BCUT2D eigenvalue weighted by atomic mass is 10.1. The van der Waals surface area contributed by atoms with E-state index in [1.165, 1.54) is 0 Å². The predicted octanol–water partition coefficient (Wildman–Crippen LogP) is 4.31. The number of fused-ring (bicyclic) bond motifs is 2. The fourth-order valence-corrected chi connectivity index (χ4v) is 2.90. The summed E-state index contributed by atoms with van der Waals surface area (Å²) >= 11 is 6.11. The molecular weight excluding hydrogens is 282 g/mol. The van der Waals surface area contributed by atoms with Gasteiger partial charge in [-0.1, -0.05) is 18.2 Å². The molecule has 2 heterocycles. The van der Waals surface area contributed by atoms with Gasteiger partial charge in [0.05, 0.1) is 28.1 Å². The molecule has 4 aromatic rings. The number of benzene rings is 2. The van der Waals surface area contributed by atoms with Crippen LogP contribution in [0.4, 0.5) is 0 Å². The topological polar surface area (TPSA) is 30.7 Å². The molecule has 0 atom stereocenters. The minimum absolute atomic E-state index is 0.366. The molecule has 2 aromatic carbocycles. The number of nitrogens with zero attached hydrogens (tertiary/aromatic N) is 3. The SMILES string of the molecule is ClCc1nc2ccccc2n1-c1cccc2ncccc12. The van der Waals surface area contributed by atoms with Crippen LogP contribution in [0.2, 0.25) is 0 Å². The summed E-state index contributed by atoms with van der Waals surface area (Å²) in [7, 11) is 0. The zero-order valence-electron chi connectivity index (χ0n) is 11.2. The minimum atomic E-state index is 0.366. The molecule has 0 amide bonds. The number of hydrogen-bond acceptors (Lipinski definition) is 2. The maximum atomic E-state index is 6.11. The van der Waals surface area contributed by atoms with Crippen molar-refractivity contribution in [3.05, 3.63) is 66.6 Å². The molecule has 3 nitrogen and oxygen atoms in total. The van der Waals surface area contributed by atoms with Crippen LogP contribution in [0.25, 0.3) is 27.6 Å². The molecule has 0 aliphatic carbocycles. The minimum Gasteiger partial charge on any atom is -0.295 e. The van der Waals surface area contributed by atoms with Crippen LogP contribution in [0.3, 0.4) is 0 Å². The summed E-state index contributed by atoms with van der Waals surface area (Å²) in [5, 5.41) is 1.09. The van der Waals surface area contributed by atoms with Gasteiger partial charge in [0.25, 0.3) is 0 Å². The van der Waals surface area contributed by atoms with Crippen LogP contribution in [0.15, 0.2) is 60.8 Å². The zero-order valence-corrected chi connectivity index (χ0v) is 12.0. The second kappa shape index (κ2) is 4.86. The van der Waals surface area contributed by atoms with E-state index in [1.54, 1.807) is 6.20 Å². The van der Waals surface area contributed by atoms with Gasteiger partial charge in [0.2, 0.25) is 0 Å². The predicted molar refractivity (Wildman–Crippen MR) is 85.9 cm³/mol. The maximum Gasteiger partial charge on any atom is 0.129 e. The van der Waals surface area contributed by atoms with Crippen LogP contribution in [0.1, 0.15) is 5.82 Å². The molecule has 0 fully saturated rings. The second-order valence-corrected chi connectivity index (χ2v) is 5.10. The molecule has 0 aliphatic rings. The molecule has 0 bridgehead atoms. The van der Waals surface area contributed by atoms with Crippen molar-refractivity contribution in [2.75, 3.05) is 0 Å². The Balaban J connectivity index is 2.13. The molecule has 0 saturated heterocycles. The lowest BCUT2D eigenvalue weighted by Crippen LogP contribution is -2.00. The van der Waals surface area contributed by atoms with E-state index in [-0.39, 0.29) is 0 Å². The first-order valence-corrected chi connectivity index (χ1v) is 7.28. The van der Waals surface area contributed by atoms with Gasteiger partial charge < -0.3 is 0 Å². The van der Waals surface area contributed by atoms with Crippen LogP contribution in [0, 0.1) is 0 Å². The average Bonchev–Trinajstić information content (AvgIpc) is 2.92. The molecule has 2 aromatic heterocycles. The standard InChI is InChI=1S/C17H12ClN3/c18-11-17-20-14-6-1-2-8-16(14)21(17)15-9-3-7-13-12(15)5-4-10-19-13/h1-10H,11H2. The second-order valence-electron chi connectivity index (χ2n) is 4.83. The van der Waals surface area contributed by atoms with Gasteiger partial charge in [0.15, 0.2) is 0 Å². The van der Waals surface area contributed by atoms with Crippen molar-refractivity contribution in [3.8, 4) is 5.69 Å². The third-order valence-electron chi connectivity index (χ3n) is 3.61. The summed E-state index contributed by atoms with van der Waals surface area (Å²) in [6.45, 7) is 0. The molecular formula is C17H12ClN3. The van der Waals surface area contributed by atoms with Crippen LogP contribution in [-0.4, -0.2) is 14.5 Å². The first-order valence-electron chi connectivity index (χ1n) is 6.75. The van der Waals surface area contributed by atoms with E-state index in [1.807, 2.05) is 36.4 Å². The molecule has 0 radical (unpaired) electrons. The lowest BCUT2D eigenvalue weighted by molar-refractivity contribution is 0.989. The molecule has 0 aliphatic heterocycles. The van der Waals surface area contributed by atoms with Crippen molar-refractivity contribution in [1.29, 1.82) is 0 Å². The first kappa shape index (κ1) is 12.4. The van der Waals surface area contributed by atoms with Gasteiger partial charge in [-0.05, 0) is 36.4 Å². The smallest absolute Gasteiger partial charge is 0.129 e. The van der Waals surface area contributed by atoms with Crippen molar-refractivity contribution in [1.82, 2.24) is 14.5 Å². The van der Waals surface area contributed by atoms with Crippen molar-refractivity contribution in [3.63, 3.8) is 0 Å². The third-order valence-corrected chi connectivity index (χ3v) is 3.85. The summed E-state index contributed by atoms with van der Waals surface area (Å²) in [5.74, 6) is 1.21. The molecule has 0 spiro atoms. The highest BCUT2D eigenvalue weighted by Crippen LogP contribution is 2.27. The highest BCUT2D eigenvalue weighted by Gasteiger charge is 2.13. The lowest BCUT2D eigenvalue weighted by Gasteiger charge is -2.10. The Morgan fingerprint density at radius 1 is 0.905 bits per heavy atom. The Hall–Kier alpha value is -2.39. The van der Waals surface area contributed by atoms with E-state index in [0.717, 1.165) is 33.4 Å². The number of hydrogen-bond donors (Lipinski definition) is 0. The van der Waals surface area contributed by atoms with E-state index < -0.39 is 0 Å². The third kappa shape index (κ3) is 1.89. The largest absolute Gasteiger partial charge is 0.295 e. The highest BCUT2D eigenvalue weighted by molar-refractivity contribution is 6.17. The van der Waals surface area contributed by atoms with Gasteiger partial charge >= 0.3 is 0 Å². The highest BCUT2D eigenvalue weighted by atomic mass is 35.5. The monoisotopic (exact) mass is 293 g/mol. The molecule has 0 unspecified atom stereocenters.